The number of aromatic nitrogens is 2. The maximum absolute atomic E-state index is 12.2. The molecule has 2 N–H and O–H groups in total. The smallest absolute Gasteiger partial charge is 0.259 e. The fourth-order valence-corrected chi connectivity index (χ4v) is 2.80. The van der Waals surface area contributed by atoms with Crippen LogP contribution in [-0.2, 0) is 0 Å². The van der Waals surface area contributed by atoms with Crippen molar-refractivity contribution in [2.45, 2.75) is 18.8 Å². The molecule has 0 saturated heterocycles. The Morgan fingerprint density at radius 2 is 2.30 bits per heavy atom. The molecule has 7 heteroatoms. The van der Waals surface area contributed by atoms with Crippen LogP contribution in [0.2, 0.25) is 5.02 Å². The highest BCUT2D eigenvalue weighted by Crippen LogP contribution is 2.40. The average Bonchev–Trinajstić information content (AvgIpc) is 3.20. The number of hydrogen-bond donors (Lipinski definition) is 2. The van der Waals surface area contributed by atoms with Crippen molar-refractivity contribution < 1.29 is 4.79 Å². The Morgan fingerprint density at radius 1 is 1.50 bits per heavy atom. The third-order valence-corrected chi connectivity index (χ3v) is 4.17. The third kappa shape index (κ3) is 2.76. The van der Waals surface area contributed by atoms with Crippen LogP contribution in [0.5, 0.6) is 0 Å². The van der Waals surface area contributed by atoms with Crippen molar-refractivity contribution in [1.29, 1.82) is 0 Å². The highest BCUT2D eigenvalue weighted by molar-refractivity contribution is 7.14. The molecular formula is C13H13ClN4OS. The molecule has 1 aliphatic carbocycles. The molecule has 0 atom stereocenters. The van der Waals surface area contributed by atoms with Gasteiger partial charge in [0.1, 0.15) is 5.82 Å². The molecule has 1 fully saturated rings. The highest BCUT2D eigenvalue weighted by atomic mass is 35.5. The number of carbonyl (C=O) groups excluding carboxylic acids is 1. The Hall–Kier alpha value is -1.66. The zero-order valence-electron chi connectivity index (χ0n) is 10.8. The van der Waals surface area contributed by atoms with Gasteiger partial charge in [-0.2, -0.15) is 0 Å². The third-order valence-electron chi connectivity index (χ3n) is 3.09. The Balaban J connectivity index is 1.77. The SMILES string of the molecule is CNc1cc(C(=O)Nc2nc(C3CC3)cs2)c(Cl)cn1. The minimum atomic E-state index is -0.273. The molecule has 1 saturated carbocycles. The molecule has 104 valence electrons. The van der Waals surface area contributed by atoms with Crippen LogP contribution in [0.4, 0.5) is 10.9 Å². The molecule has 0 unspecified atom stereocenters. The highest BCUT2D eigenvalue weighted by Gasteiger charge is 2.26. The van der Waals surface area contributed by atoms with E-state index in [0.29, 0.717) is 27.5 Å². The minimum absolute atomic E-state index is 0.273. The molecule has 1 aliphatic rings. The Kier molecular flexibility index (Phi) is 3.58. The van der Waals surface area contributed by atoms with Gasteiger partial charge in [0.15, 0.2) is 5.13 Å². The lowest BCUT2D eigenvalue weighted by Gasteiger charge is -2.06. The normalized spacial score (nSPS) is 14.1. The van der Waals surface area contributed by atoms with Crippen molar-refractivity contribution in [2.75, 3.05) is 17.7 Å². The molecule has 2 aromatic heterocycles. The monoisotopic (exact) mass is 308 g/mol. The van der Waals surface area contributed by atoms with E-state index in [4.69, 9.17) is 11.6 Å². The molecule has 3 rings (SSSR count). The van der Waals surface area contributed by atoms with E-state index in [2.05, 4.69) is 20.6 Å². The van der Waals surface area contributed by atoms with Crippen molar-refractivity contribution in [3.05, 3.63) is 33.9 Å². The number of rotatable bonds is 4. The van der Waals surface area contributed by atoms with Crippen LogP contribution in [0.15, 0.2) is 17.6 Å². The zero-order chi connectivity index (χ0) is 14.1. The summed E-state index contributed by atoms with van der Waals surface area (Å²) in [7, 11) is 1.74. The predicted molar refractivity (Wildman–Crippen MR) is 80.8 cm³/mol. The molecule has 2 aromatic rings. The van der Waals surface area contributed by atoms with E-state index < -0.39 is 0 Å². The number of anilines is 2. The quantitative estimate of drug-likeness (QED) is 0.909. The zero-order valence-corrected chi connectivity index (χ0v) is 12.4. The molecule has 1 amide bonds. The lowest BCUT2D eigenvalue weighted by Crippen LogP contribution is -2.13. The van der Waals surface area contributed by atoms with E-state index in [1.165, 1.54) is 30.4 Å². The predicted octanol–water partition coefficient (Wildman–Crippen LogP) is 3.36. The van der Waals surface area contributed by atoms with Crippen LogP contribution in [0.25, 0.3) is 0 Å². The summed E-state index contributed by atoms with van der Waals surface area (Å²) in [6.07, 6.45) is 3.84. The first-order valence-electron chi connectivity index (χ1n) is 6.27. The molecular weight excluding hydrogens is 296 g/mol. The van der Waals surface area contributed by atoms with E-state index in [-0.39, 0.29) is 5.91 Å². The van der Waals surface area contributed by atoms with Gasteiger partial charge in [0.05, 0.1) is 16.3 Å². The fourth-order valence-electron chi connectivity index (χ4n) is 1.82. The van der Waals surface area contributed by atoms with E-state index >= 15 is 0 Å². The largest absolute Gasteiger partial charge is 0.373 e. The van der Waals surface area contributed by atoms with Gasteiger partial charge in [0.2, 0.25) is 0 Å². The summed E-state index contributed by atoms with van der Waals surface area (Å²) in [6, 6.07) is 1.62. The number of nitrogens with zero attached hydrogens (tertiary/aromatic N) is 2. The maximum atomic E-state index is 12.2. The van der Waals surface area contributed by atoms with Gasteiger partial charge in [-0.1, -0.05) is 11.6 Å². The first-order valence-corrected chi connectivity index (χ1v) is 7.53. The van der Waals surface area contributed by atoms with E-state index in [9.17, 15) is 4.79 Å². The van der Waals surface area contributed by atoms with Crippen molar-refractivity contribution in [1.82, 2.24) is 9.97 Å². The first kappa shape index (κ1) is 13.3. The van der Waals surface area contributed by atoms with Crippen LogP contribution in [0.3, 0.4) is 0 Å². The summed E-state index contributed by atoms with van der Waals surface area (Å²) in [5, 5.41) is 8.59. The van der Waals surface area contributed by atoms with Gasteiger partial charge in [-0.15, -0.1) is 11.3 Å². The molecule has 0 radical (unpaired) electrons. The molecule has 20 heavy (non-hydrogen) atoms. The first-order chi connectivity index (χ1) is 9.67. The molecule has 0 spiro atoms. The van der Waals surface area contributed by atoms with Crippen molar-refractivity contribution in [2.24, 2.45) is 0 Å². The van der Waals surface area contributed by atoms with E-state index in [0.717, 1.165) is 5.69 Å². The van der Waals surface area contributed by atoms with E-state index in [1.54, 1.807) is 13.1 Å². The summed E-state index contributed by atoms with van der Waals surface area (Å²) in [6.45, 7) is 0. The van der Waals surface area contributed by atoms with Gasteiger partial charge < -0.3 is 5.32 Å². The molecule has 5 nitrogen and oxygen atoms in total. The van der Waals surface area contributed by atoms with Gasteiger partial charge in [-0.3, -0.25) is 10.1 Å². The standard InChI is InChI=1S/C13H13ClN4OS/c1-15-11-4-8(9(14)5-16-11)12(19)18-13-17-10(6-20-13)7-2-3-7/h4-7H,2-3H2,1H3,(H,15,16)(H,17,18,19). The summed E-state index contributed by atoms with van der Waals surface area (Å²) >= 11 is 7.45. The topological polar surface area (TPSA) is 66.9 Å². The van der Waals surface area contributed by atoms with Crippen LogP contribution in [0, 0.1) is 0 Å². The number of thiazole rings is 1. The Bertz CT molecular complexity index is 654. The van der Waals surface area contributed by atoms with Crippen molar-refractivity contribution >= 4 is 39.8 Å². The molecule has 0 aromatic carbocycles. The Morgan fingerprint density at radius 3 is 3.00 bits per heavy atom. The summed E-state index contributed by atoms with van der Waals surface area (Å²) in [5.74, 6) is 0.903. The van der Waals surface area contributed by atoms with Gasteiger partial charge in [0.25, 0.3) is 5.91 Å². The number of hydrogen-bond acceptors (Lipinski definition) is 5. The van der Waals surface area contributed by atoms with E-state index in [1.807, 2.05) is 5.38 Å². The van der Waals surface area contributed by atoms with Crippen LogP contribution in [0.1, 0.15) is 34.8 Å². The number of amides is 1. The number of carbonyl (C=O) groups is 1. The second-order valence-electron chi connectivity index (χ2n) is 4.61. The summed E-state index contributed by atoms with van der Waals surface area (Å²) in [5.41, 5.74) is 1.45. The van der Waals surface area contributed by atoms with Crippen LogP contribution in [-0.4, -0.2) is 22.9 Å². The van der Waals surface area contributed by atoms with Crippen LogP contribution >= 0.6 is 22.9 Å². The minimum Gasteiger partial charge on any atom is -0.373 e. The number of halogens is 1. The molecule has 0 aliphatic heterocycles. The average molecular weight is 309 g/mol. The lowest BCUT2D eigenvalue weighted by atomic mass is 10.2. The summed E-state index contributed by atoms with van der Waals surface area (Å²) in [4.78, 5) is 20.7. The Labute approximate surface area is 125 Å². The van der Waals surface area contributed by atoms with Crippen molar-refractivity contribution in [3.8, 4) is 0 Å². The second kappa shape index (κ2) is 5.38. The number of nitrogens with one attached hydrogen (secondary N) is 2. The van der Waals surface area contributed by atoms with Gasteiger partial charge in [0, 0.05) is 24.5 Å². The van der Waals surface area contributed by atoms with Gasteiger partial charge in [-0.05, 0) is 18.9 Å². The van der Waals surface area contributed by atoms with Gasteiger partial charge >= 0.3 is 0 Å². The van der Waals surface area contributed by atoms with Gasteiger partial charge in [-0.25, -0.2) is 9.97 Å². The second-order valence-corrected chi connectivity index (χ2v) is 5.87. The summed E-state index contributed by atoms with van der Waals surface area (Å²) < 4.78 is 0. The molecule has 2 heterocycles. The van der Waals surface area contributed by atoms with Crippen molar-refractivity contribution in [3.63, 3.8) is 0 Å². The number of pyridine rings is 1. The lowest BCUT2D eigenvalue weighted by molar-refractivity contribution is 0.102. The fraction of sp³-hybridized carbons (Fsp3) is 0.308. The maximum Gasteiger partial charge on any atom is 0.259 e. The van der Waals surface area contributed by atoms with Crippen LogP contribution < -0.4 is 10.6 Å². The molecule has 0 bridgehead atoms.